The molecule has 0 radical (unpaired) electrons. The molecule has 0 atom stereocenters. The van der Waals surface area contributed by atoms with Crippen LogP contribution in [0.4, 0.5) is 11.5 Å². The topological polar surface area (TPSA) is 75.1 Å². The third-order valence-corrected chi connectivity index (χ3v) is 2.96. The smallest absolute Gasteiger partial charge is 0.356 e. The third kappa shape index (κ3) is 2.90. The van der Waals surface area contributed by atoms with E-state index in [1.165, 1.54) is 6.07 Å². The zero-order chi connectivity index (χ0) is 12.3. The lowest BCUT2D eigenvalue weighted by molar-refractivity contribution is 0.0689. The van der Waals surface area contributed by atoms with Gasteiger partial charge in [0.25, 0.3) is 0 Å². The van der Waals surface area contributed by atoms with Crippen LogP contribution in [0.3, 0.4) is 0 Å². The van der Waals surface area contributed by atoms with Gasteiger partial charge in [-0.15, -0.1) is 10.2 Å². The Morgan fingerprint density at radius 1 is 1.18 bits per heavy atom. The van der Waals surface area contributed by atoms with Crippen molar-refractivity contribution < 1.29 is 9.90 Å². The summed E-state index contributed by atoms with van der Waals surface area (Å²) in [5.41, 5.74) is 0.837. The molecule has 17 heavy (non-hydrogen) atoms. The Labute approximate surface area is 111 Å². The molecule has 0 bridgehead atoms. The number of carboxylic acids is 1. The molecule has 0 aliphatic heterocycles. The minimum Gasteiger partial charge on any atom is -0.476 e. The number of hydrogen-bond acceptors (Lipinski definition) is 4. The quantitative estimate of drug-likeness (QED) is 0.840. The summed E-state index contributed by atoms with van der Waals surface area (Å²) in [5.74, 6) is -0.572. The minimum atomic E-state index is -1.08. The summed E-state index contributed by atoms with van der Waals surface area (Å²) in [7, 11) is 0. The lowest BCUT2D eigenvalue weighted by atomic mass is 10.3. The van der Waals surface area contributed by atoms with Crippen LogP contribution >= 0.6 is 22.6 Å². The highest BCUT2D eigenvalue weighted by atomic mass is 127. The minimum absolute atomic E-state index is 0.0710. The van der Waals surface area contributed by atoms with E-state index in [2.05, 4.69) is 38.1 Å². The molecular weight excluding hydrogens is 333 g/mol. The van der Waals surface area contributed by atoms with Gasteiger partial charge in [0.15, 0.2) is 11.5 Å². The van der Waals surface area contributed by atoms with Crippen molar-refractivity contribution >= 4 is 40.1 Å². The Morgan fingerprint density at radius 2 is 1.94 bits per heavy atom. The fourth-order valence-electron chi connectivity index (χ4n) is 1.21. The summed E-state index contributed by atoms with van der Waals surface area (Å²) in [6, 6.07) is 10.7. The van der Waals surface area contributed by atoms with Gasteiger partial charge < -0.3 is 10.4 Å². The first-order valence-electron chi connectivity index (χ1n) is 4.75. The third-order valence-electron chi connectivity index (χ3n) is 2.02. The SMILES string of the molecule is O=C(O)c1ccc(Nc2ccccc2I)nn1. The molecule has 0 saturated heterocycles. The van der Waals surface area contributed by atoms with E-state index in [9.17, 15) is 4.79 Å². The lowest BCUT2D eigenvalue weighted by Crippen LogP contribution is -2.03. The van der Waals surface area contributed by atoms with Crippen LogP contribution < -0.4 is 5.32 Å². The number of benzene rings is 1. The Bertz CT molecular complexity index is 543. The van der Waals surface area contributed by atoms with Crippen LogP contribution in [0.15, 0.2) is 36.4 Å². The molecule has 1 aromatic heterocycles. The molecule has 1 aromatic carbocycles. The molecular formula is C11H8IN3O2. The maximum absolute atomic E-state index is 10.6. The number of rotatable bonds is 3. The van der Waals surface area contributed by atoms with Gasteiger partial charge in [-0.25, -0.2) is 4.79 Å². The van der Waals surface area contributed by atoms with Gasteiger partial charge in [-0.1, -0.05) is 12.1 Å². The van der Waals surface area contributed by atoms with Gasteiger partial charge in [-0.3, -0.25) is 0 Å². The standard InChI is InChI=1S/C11H8IN3O2/c12-7-3-1-2-4-8(7)13-10-6-5-9(11(16)17)14-15-10/h1-6H,(H,13,15)(H,16,17). The van der Waals surface area contributed by atoms with Gasteiger partial charge in [0.05, 0.1) is 5.69 Å². The molecule has 2 rings (SSSR count). The molecule has 86 valence electrons. The number of anilines is 2. The zero-order valence-corrected chi connectivity index (χ0v) is 10.7. The van der Waals surface area contributed by atoms with E-state index in [1.54, 1.807) is 6.07 Å². The number of para-hydroxylation sites is 1. The molecule has 0 aliphatic rings. The number of carbonyl (C=O) groups is 1. The summed E-state index contributed by atoms with van der Waals surface area (Å²) < 4.78 is 1.05. The van der Waals surface area contributed by atoms with Crippen LogP contribution in [0.2, 0.25) is 0 Å². The van der Waals surface area contributed by atoms with Crippen molar-refractivity contribution in [3.8, 4) is 0 Å². The van der Waals surface area contributed by atoms with Crippen molar-refractivity contribution in [1.82, 2.24) is 10.2 Å². The number of nitrogens with zero attached hydrogens (tertiary/aromatic N) is 2. The van der Waals surface area contributed by atoms with Crippen LogP contribution in [0.1, 0.15) is 10.5 Å². The summed E-state index contributed by atoms with van der Waals surface area (Å²) in [5, 5.41) is 19.1. The number of aromatic carboxylic acids is 1. The molecule has 1 heterocycles. The van der Waals surface area contributed by atoms with Crippen molar-refractivity contribution in [2.24, 2.45) is 0 Å². The Morgan fingerprint density at radius 3 is 2.53 bits per heavy atom. The van der Waals surface area contributed by atoms with Crippen LogP contribution in [0, 0.1) is 3.57 Å². The van der Waals surface area contributed by atoms with Crippen molar-refractivity contribution in [3.63, 3.8) is 0 Å². The van der Waals surface area contributed by atoms with Gasteiger partial charge in [-0.2, -0.15) is 0 Å². The van der Waals surface area contributed by atoms with Crippen molar-refractivity contribution in [3.05, 3.63) is 45.7 Å². The number of halogens is 1. The van der Waals surface area contributed by atoms with Gasteiger partial charge >= 0.3 is 5.97 Å². The highest BCUT2D eigenvalue weighted by Gasteiger charge is 2.05. The van der Waals surface area contributed by atoms with E-state index in [0.29, 0.717) is 5.82 Å². The monoisotopic (exact) mass is 341 g/mol. The summed E-state index contributed by atoms with van der Waals surface area (Å²) in [6.45, 7) is 0. The molecule has 0 aliphatic carbocycles. The Kier molecular flexibility index (Phi) is 3.52. The van der Waals surface area contributed by atoms with E-state index in [0.717, 1.165) is 9.26 Å². The number of nitrogens with one attached hydrogen (secondary N) is 1. The maximum atomic E-state index is 10.6. The second-order valence-corrected chi connectivity index (χ2v) is 4.38. The largest absolute Gasteiger partial charge is 0.476 e. The van der Waals surface area contributed by atoms with Crippen molar-refractivity contribution in [1.29, 1.82) is 0 Å². The molecule has 2 N–H and O–H groups in total. The van der Waals surface area contributed by atoms with E-state index < -0.39 is 5.97 Å². The zero-order valence-electron chi connectivity index (χ0n) is 8.59. The molecule has 0 unspecified atom stereocenters. The first-order valence-corrected chi connectivity index (χ1v) is 5.83. The van der Waals surface area contributed by atoms with Gasteiger partial charge in [0, 0.05) is 3.57 Å². The van der Waals surface area contributed by atoms with Crippen molar-refractivity contribution in [2.45, 2.75) is 0 Å². The van der Waals surface area contributed by atoms with Crippen LogP contribution in [0.5, 0.6) is 0 Å². The average Bonchev–Trinajstić information content (AvgIpc) is 2.33. The normalized spacial score (nSPS) is 9.94. The lowest BCUT2D eigenvalue weighted by Gasteiger charge is -2.06. The molecule has 0 fully saturated rings. The highest BCUT2D eigenvalue weighted by Crippen LogP contribution is 2.20. The van der Waals surface area contributed by atoms with Crippen LogP contribution in [-0.2, 0) is 0 Å². The first-order chi connectivity index (χ1) is 8.16. The maximum Gasteiger partial charge on any atom is 0.356 e. The Hall–Kier alpha value is -1.70. The summed E-state index contributed by atoms with van der Waals surface area (Å²) in [6.07, 6.45) is 0. The summed E-state index contributed by atoms with van der Waals surface area (Å²) >= 11 is 2.20. The van der Waals surface area contributed by atoms with Gasteiger partial charge in [0.1, 0.15) is 0 Å². The molecule has 5 nitrogen and oxygen atoms in total. The molecule has 6 heteroatoms. The molecule has 2 aromatic rings. The van der Waals surface area contributed by atoms with Gasteiger partial charge in [-0.05, 0) is 46.9 Å². The fourth-order valence-corrected chi connectivity index (χ4v) is 1.74. The Balaban J connectivity index is 2.20. The fraction of sp³-hybridized carbons (Fsp3) is 0. The van der Waals surface area contributed by atoms with Crippen molar-refractivity contribution in [2.75, 3.05) is 5.32 Å². The van der Waals surface area contributed by atoms with E-state index in [4.69, 9.17) is 5.11 Å². The number of carboxylic acid groups (broad SMARTS) is 1. The summed E-state index contributed by atoms with van der Waals surface area (Å²) in [4.78, 5) is 10.6. The molecule has 0 spiro atoms. The molecule has 0 amide bonds. The van der Waals surface area contributed by atoms with Gasteiger partial charge in [0.2, 0.25) is 0 Å². The first kappa shape index (κ1) is 11.8. The predicted molar refractivity (Wildman–Crippen MR) is 71.4 cm³/mol. The van der Waals surface area contributed by atoms with Crippen LogP contribution in [-0.4, -0.2) is 21.3 Å². The van der Waals surface area contributed by atoms with E-state index in [1.807, 2.05) is 24.3 Å². The second-order valence-electron chi connectivity index (χ2n) is 3.21. The second kappa shape index (κ2) is 5.09. The predicted octanol–water partition coefficient (Wildman–Crippen LogP) is 2.52. The molecule has 0 saturated carbocycles. The van der Waals surface area contributed by atoms with Crippen LogP contribution in [0.25, 0.3) is 0 Å². The van der Waals surface area contributed by atoms with E-state index >= 15 is 0 Å². The van der Waals surface area contributed by atoms with E-state index in [-0.39, 0.29) is 5.69 Å². The number of hydrogen-bond donors (Lipinski definition) is 2. The average molecular weight is 341 g/mol. The highest BCUT2D eigenvalue weighted by molar-refractivity contribution is 14.1. The number of aromatic nitrogens is 2.